The Labute approximate surface area is 467 Å². The number of anilines is 1. The molecule has 6 rings (SSSR count). The van der Waals surface area contributed by atoms with Crippen LogP contribution in [0.25, 0.3) is 10.9 Å². The van der Waals surface area contributed by atoms with E-state index in [1.54, 1.807) is 23.6 Å². The molecular weight excluding hydrogens is 1090 g/mol. The highest BCUT2D eigenvalue weighted by molar-refractivity contribution is 7.85. The second-order valence-electron chi connectivity index (χ2n) is 20.5. The number of carbonyl (C=O) groups is 11. The number of piperazine rings is 1. The Morgan fingerprint density at radius 2 is 1.54 bits per heavy atom. The Bertz CT molecular complexity index is 2750. The van der Waals surface area contributed by atoms with Crippen LogP contribution >= 0.6 is 0 Å². The van der Waals surface area contributed by atoms with Gasteiger partial charge >= 0.3 is 0 Å². The molecule has 0 radical (unpaired) electrons. The number of aromatic amines is 1. The maximum atomic E-state index is 15.3. The standard InChI is InChI=1S/C50H73N13O17S/c1-5-24(2)40-47(76)54-18-36(69)55-31-23-81(79)49-28(27-8-9-33(66)43(42(27)60-49)62-13-11-61(12-14-62)39(72)7-6-10-52-38(71)22-80-4)16-29(44(73)53-19-37(70)58-40)56-48(77)41(25(3)34(67)21-64)59-46(75)32-15-26(65)20-63(32)50(78)30(17-35(51)68)57-45(31)74/h8-9,24-26,29-32,34,40-41,60,64-67H,5-7,10-23H2,1-4H3,(H2,51,68)(H,52,71)(H,53,73)(H,54,76)(H,55,69)(H,56,77)(H,57,74)(H,58,70)(H,59,75)/t24-,25+,26+,29+,30-,31+,32-,34+,40-,41-,81?/m0/s1. The van der Waals surface area contributed by atoms with Gasteiger partial charge in [0.25, 0.3) is 0 Å². The largest absolute Gasteiger partial charge is 0.506 e. The zero-order valence-corrected chi connectivity index (χ0v) is 46.2. The van der Waals surface area contributed by atoms with Crippen molar-refractivity contribution >= 4 is 92.4 Å². The monoisotopic (exact) mass is 1160 g/mol. The smallest absolute Gasteiger partial charge is 0.246 e. The van der Waals surface area contributed by atoms with E-state index in [2.05, 4.69) is 47.5 Å². The number of fused-ring (bicyclic) bond motifs is 5. The van der Waals surface area contributed by atoms with E-state index >= 15 is 4.21 Å². The Morgan fingerprint density at radius 1 is 0.864 bits per heavy atom. The molecule has 2 fully saturated rings. The number of nitrogens with two attached hydrogens (primary N) is 1. The van der Waals surface area contributed by atoms with Gasteiger partial charge in [0.05, 0.1) is 60.4 Å². The molecule has 11 amide bonds. The molecule has 446 valence electrons. The van der Waals surface area contributed by atoms with Crippen LogP contribution in [0.15, 0.2) is 17.2 Å². The lowest BCUT2D eigenvalue weighted by atomic mass is 9.93. The summed E-state index contributed by atoms with van der Waals surface area (Å²) >= 11 is 0. The van der Waals surface area contributed by atoms with Crippen LogP contribution in [0.1, 0.15) is 58.4 Å². The Kier molecular flexibility index (Phi) is 21.9. The van der Waals surface area contributed by atoms with Crippen molar-refractivity contribution in [3.8, 4) is 5.75 Å². The number of aliphatic hydroxyl groups excluding tert-OH is 3. The lowest BCUT2D eigenvalue weighted by Gasteiger charge is -2.36. The number of primary amides is 1. The number of aromatic nitrogens is 1. The SMILES string of the molecule is CC[C@H](C)[C@@H]1NC(=O)CNC(=O)[C@H]2Cc3c([nH]c4c(N5CCN(C(=O)CCCNC(=O)COC)CC5)c(O)ccc34)S(=O)C[C@@H](NC(=O)CNC1=O)C(=O)N[C@@H](CC(N)=O)C(=O)N1C[C@H](O)C[C@H]1C(=O)N[C@@H]([C@H](C)[C@H](O)CO)C(=O)N2. The molecule has 2 aromatic rings. The molecule has 0 saturated carbocycles. The highest BCUT2D eigenvalue weighted by atomic mass is 32.2. The molecule has 31 heteroatoms. The predicted octanol–water partition coefficient (Wildman–Crippen LogP) is -6.73. The summed E-state index contributed by atoms with van der Waals surface area (Å²) in [5, 5.41) is 63.3. The number of nitrogens with zero attached hydrogens (tertiary/aromatic N) is 3. The molecule has 1 aromatic heterocycles. The molecular formula is C50H73N13O17S. The summed E-state index contributed by atoms with van der Waals surface area (Å²) in [5.74, 6) is -13.1. The number of phenols is 1. The number of hydrogen-bond donors (Lipinski definition) is 14. The predicted molar refractivity (Wildman–Crippen MR) is 285 cm³/mol. The summed E-state index contributed by atoms with van der Waals surface area (Å²) < 4.78 is 20.1. The third-order valence-electron chi connectivity index (χ3n) is 14.8. The molecule has 5 heterocycles. The lowest BCUT2D eigenvalue weighted by molar-refractivity contribution is -0.144. The fourth-order valence-electron chi connectivity index (χ4n) is 10.1. The molecule has 30 nitrogen and oxygen atoms in total. The summed E-state index contributed by atoms with van der Waals surface area (Å²) in [5.41, 5.74) is 5.84. The molecule has 81 heavy (non-hydrogen) atoms. The van der Waals surface area contributed by atoms with E-state index < -0.39 is 176 Å². The van der Waals surface area contributed by atoms with Crippen LogP contribution in [0, 0.1) is 11.8 Å². The average molecular weight is 1160 g/mol. The first kappa shape index (κ1) is 62.7. The van der Waals surface area contributed by atoms with Crippen molar-refractivity contribution in [2.45, 2.75) is 113 Å². The number of carbonyl (C=O) groups excluding carboxylic acids is 11. The Balaban J connectivity index is 1.51. The van der Waals surface area contributed by atoms with Crippen LogP contribution in [0.4, 0.5) is 5.69 Å². The normalized spacial score (nSPS) is 26.1. The van der Waals surface area contributed by atoms with Gasteiger partial charge in [-0.3, -0.25) is 56.9 Å². The second-order valence-corrected chi connectivity index (χ2v) is 22.0. The second kappa shape index (κ2) is 28.3. The highest BCUT2D eigenvalue weighted by Crippen LogP contribution is 2.40. The summed E-state index contributed by atoms with van der Waals surface area (Å²) in [6, 6.07) is -7.62. The van der Waals surface area contributed by atoms with Crippen LogP contribution in [0.2, 0.25) is 0 Å². The third-order valence-corrected chi connectivity index (χ3v) is 16.2. The van der Waals surface area contributed by atoms with Crippen LogP contribution in [0.3, 0.4) is 0 Å². The molecule has 0 spiro atoms. The Morgan fingerprint density at radius 3 is 2.20 bits per heavy atom. The van der Waals surface area contributed by atoms with Crippen molar-refractivity contribution in [1.29, 1.82) is 0 Å². The molecule has 2 bridgehead atoms. The number of phenolic OH excluding ortho intramolecular Hbond substituents is 1. The number of ether oxygens (including phenoxy) is 1. The van der Waals surface area contributed by atoms with E-state index in [1.165, 1.54) is 26.2 Å². The number of H-pyrrole nitrogens is 1. The van der Waals surface area contributed by atoms with Crippen molar-refractivity contribution < 1.29 is 82.1 Å². The number of benzene rings is 1. The average Bonchev–Trinajstić information content (AvgIpc) is 3.40. The van der Waals surface area contributed by atoms with Gasteiger partial charge in [0.1, 0.15) is 59.3 Å². The van der Waals surface area contributed by atoms with E-state index in [-0.39, 0.29) is 90.5 Å². The quantitative estimate of drug-likeness (QED) is 0.0782. The van der Waals surface area contributed by atoms with Crippen molar-refractivity contribution in [3.63, 3.8) is 0 Å². The van der Waals surface area contributed by atoms with Gasteiger partial charge in [-0.05, 0) is 30.0 Å². The minimum absolute atomic E-state index is 0.0131. The lowest BCUT2D eigenvalue weighted by Crippen LogP contribution is -2.62. The van der Waals surface area contributed by atoms with Gasteiger partial charge < -0.3 is 93.1 Å². The van der Waals surface area contributed by atoms with E-state index in [0.29, 0.717) is 12.8 Å². The first-order valence-corrected chi connectivity index (χ1v) is 27.9. The summed E-state index contributed by atoms with van der Waals surface area (Å²) in [6.45, 7) is 2.31. The number of methoxy groups -OCH3 is 1. The van der Waals surface area contributed by atoms with Gasteiger partial charge in [-0.2, -0.15) is 0 Å². The van der Waals surface area contributed by atoms with Crippen LogP contribution in [0.5, 0.6) is 5.75 Å². The zero-order valence-electron chi connectivity index (χ0n) is 45.4. The summed E-state index contributed by atoms with van der Waals surface area (Å²) in [6.07, 6.45) is -4.24. The molecule has 11 atom stereocenters. The van der Waals surface area contributed by atoms with Gasteiger partial charge in [0.2, 0.25) is 65.0 Å². The maximum absolute atomic E-state index is 15.3. The van der Waals surface area contributed by atoms with E-state index in [0.717, 1.165) is 4.90 Å². The molecule has 1 aromatic carbocycles. The van der Waals surface area contributed by atoms with Crippen molar-refractivity contribution in [2.75, 3.05) is 83.3 Å². The summed E-state index contributed by atoms with van der Waals surface area (Å²) in [7, 11) is -1.14. The highest BCUT2D eigenvalue weighted by Gasteiger charge is 2.45. The van der Waals surface area contributed by atoms with Crippen molar-refractivity contribution in [3.05, 3.63) is 17.7 Å². The number of aromatic hydroxyl groups is 1. The number of hydrogen-bond acceptors (Lipinski definition) is 18. The van der Waals surface area contributed by atoms with Crippen molar-refractivity contribution in [1.82, 2.24) is 57.3 Å². The first-order valence-electron chi connectivity index (χ1n) is 26.6. The summed E-state index contributed by atoms with van der Waals surface area (Å²) in [4.78, 5) is 159. The molecule has 1 unspecified atom stereocenters. The van der Waals surface area contributed by atoms with Gasteiger partial charge in [-0.1, -0.05) is 27.2 Å². The van der Waals surface area contributed by atoms with Gasteiger partial charge in [-0.15, -0.1) is 0 Å². The van der Waals surface area contributed by atoms with E-state index in [1.807, 2.05) is 0 Å². The van der Waals surface area contributed by atoms with Crippen LogP contribution in [-0.2, 0) is 74.7 Å². The van der Waals surface area contributed by atoms with Gasteiger partial charge in [0.15, 0.2) is 0 Å². The van der Waals surface area contributed by atoms with Gasteiger partial charge in [-0.25, -0.2) is 0 Å². The zero-order chi connectivity index (χ0) is 59.4. The number of nitrogens with one attached hydrogen (secondary N) is 9. The minimum atomic E-state index is -2.52. The first-order chi connectivity index (χ1) is 38.5. The van der Waals surface area contributed by atoms with Crippen molar-refractivity contribution in [2.24, 2.45) is 17.6 Å². The Hall–Kier alpha value is -7.48. The van der Waals surface area contributed by atoms with E-state index in [4.69, 9.17) is 10.5 Å². The molecule has 0 aliphatic carbocycles. The third kappa shape index (κ3) is 15.7. The molecule has 4 aliphatic heterocycles. The fraction of sp³-hybridized carbons (Fsp3) is 0.620. The molecule has 4 aliphatic rings. The molecule has 2 saturated heterocycles. The van der Waals surface area contributed by atoms with Crippen LogP contribution in [-0.4, -0.2) is 231 Å². The minimum Gasteiger partial charge on any atom is -0.506 e. The number of aliphatic hydroxyl groups is 3. The van der Waals surface area contributed by atoms with E-state index in [9.17, 15) is 73.2 Å². The fourth-order valence-corrected chi connectivity index (χ4v) is 11.4. The van der Waals surface area contributed by atoms with Crippen LogP contribution < -0.4 is 53.2 Å². The topological polar surface area (TPSA) is 443 Å². The molecule has 15 N–H and O–H groups in total. The number of amides is 11. The van der Waals surface area contributed by atoms with Gasteiger partial charge in [0, 0.05) is 76.9 Å². The number of rotatable bonds is 14. The maximum Gasteiger partial charge on any atom is 0.246 e.